The van der Waals surface area contributed by atoms with Crippen molar-refractivity contribution in [1.29, 1.82) is 0 Å². The summed E-state index contributed by atoms with van der Waals surface area (Å²) in [4.78, 5) is 37.6. The van der Waals surface area contributed by atoms with Crippen molar-refractivity contribution in [3.05, 3.63) is 87.7 Å². The predicted molar refractivity (Wildman–Crippen MR) is 123 cm³/mol. The van der Waals surface area contributed by atoms with E-state index in [1.807, 2.05) is 19.1 Å². The summed E-state index contributed by atoms with van der Waals surface area (Å²) in [6.07, 6.45) is 2.14. The molecule has 32 heavy (non-hydrogen) atoms. The Morgan fingerprint density at radius 1 is 1.09 bits per heavy atom. The number of amides is 2. The minimum absolute atomic E-state index is 0.0126. The molecule has 0 saturated carbocycles. The topological polar surface area (TPSA) is 106 Å². The molecular weight excluding hydrogens is 430 g/mol. The first-order valence-electron chi connectivity index (χ1n) is 9.73. The van der Waals surface area contributed by atoms with Gasteiger partial charge in [-0.2, -0.15) is 0 Å². The van der Waals surface area contributed by atoms with E-state index < -0.39 is 16.7 Å². The Morgan fingerprint density at radius 3 is 2.50 bits per heavy atom. The number of aryl methyl sites for hydroxylation is 1. The summed E-state index contributed by atoms with van der Waals surface area (Å²) in [5.41, 5.74) is 1.65. The van der Waals surface area contributed by atoms with Crippen LogP contribution >= 0.6 is 12.2 Å². The molecule has 0 aliphatic carbocycles. The maximum atomic E-state index is 13.1. The second-order valence-corrected chi connectivity index (χ2v) is 7.34. The number of para-hydroxylation sites is 1. The Morgan fingerprint density at radius 2 is 1.81 bits per heavy atom. The Hall–Kier alpha value is -4.11. The van der Waals surface area contributed by atoms with Crippen molar-refractivity contribution < 1.29 is 18.9 Å². The maximum absolute atomic E-state index is 13.1. The highest BCUT2D eigenvalue weighted by atomic mass is 32.1. The molecule has 0 radical (unpaired) electrons. The van der Waals surface area contributed by atoms with Gasteiger partial charge in [-0.3, -0.25) is 29.9 Å². The van der Waals surface area contributed by atoms with E-state index >= 15 is 0 Å². The van der Waals surface area contributed by atoms with Crippen LogP contribution < -0.4 is 10.2 Å². The van der Waals surface area contributed by atoms with Gasteiger partial charge in [0.25, 0.3) is 17.5 Å². The van der Waals surface area contributed by atoms with Crippen LogP contribution in [0.4, 0.5) is 11.4 Å². The molecule has 8 nitrogen and oxygen atoms in total. The van der Waals surface area contributed by atoms with E-state index in [0.717, 1.165) is 12.0 Å². The third kappa shape index (κ3) is 3.93. The molecule has 0 bridgehead atoms. The summed E-state index contributed by atoms with van der Waals surface area (Å²) < 4.78 is 5.69. The largest absolute Gasteiger partial charge is 0.456 e. The summed E-state index contributed by atoms with van der Waals surface area (Å²) in [5, 5.41) is 13.8. The average Bonchev–Trinajstić information content (AvgIpc) is 3.25. The molecule has 9 heteroatoms. The molecule has 2 heterocycles. The summed E-state index contributed by atoms with van der Waals surface area (Å²) in [6, 6.07) is 16.5. The van der Waals surface area contributed by atoms with E-state index in [1.54, 1.807) is 36.4 Å². The van der Waals surface area contributed by atoms with Crippen molar-refractivity contribution >= 4 is 46.6 Å². The van der Waals surface area contributed by atoms with Crippen LogP contribution in [0.25, 0.3) is 17.4 Å². The Kier molecular flexibility index (Phi) is 5.65. The van der Waals surface area contributed by atoms with E-state index in [4.69, 9.17) is 16.6 Å². The maximum Gasteiger partial charge on any atom is 0.280 e. The van der Waals surface area contributed by atoms with Crippen molar-refractivity contribution in [1.82, 2.24) is 5.32 Å². The number of nitro benzene ring substituents is 1. The quantitative estimate of drug-likeness (QED) is 0.206. The molecule has 4 rings (SSSR count). The predicted octanol–water partition coefficient (Wildman–Crippen LogP) is 4.25. The lowest BCUT2D eigenvalue weighted by molar-refractivity contribution is -0.384. The molecular formula is C23H17N3O5S. The zero-order chi connectivity index (χ0) is 22.8. The first kappa shape index (κ1) is 21.1. The molecule has 0 atom stereocenters. The molecule has 1 aliphatic heterocycles. The van der Waals surface area contributed by atoms with Crippen molar-refractivity contribution in [2.45, 2.75) is 13.3 Å². The zero-order valence-corrected chi connectivity index (χ0v) is 17.7. The van der Waals surface area contributed by atoms with E-state index in [9.17, 15) is 19.7 Å². The number of benzene rings is 2. The summed E-state index contributed by atoms with van der Waals surface area (Å²) in [6.45, 7) is 2.02. The normalized spacial score (nSPS) is 15.2. The molecule has 1 aromatic heterocycles. The Balaban J connectivity index is 1.68. The lowest BCUT2D eigenvalue weighted by Crippen LogP contribution is -2.54. The van der Waals surface area contributed by atoms with Crippen LogP contribution in [0.5, 0.6) is 0 Å². The number of rotatable bonds is 5. The summed E-state index contributed by atoms with van der Waals surface area (Å²) in [5.74, 6) is -0.794. The van der Waals surface area contributed by atoms with Crippen molar-refractivity contribution in [2.75, 3.05) is 4.90 Å². The standard InChI is InChI=1S/C23H17N3O5S/c1-2-14-7-9-15(10-8-14)25-22(28)18(21(27)24-23(25)32)13-16-11-12-20(31-16)17-5-3-4-6-19(17)26(29)30/h3-13H,2H2,1H3,(H,24,27,32)/b18-13-. The van der Waals surface area contributed by atoms with Crippen LogP contribution in [-0.2, 0) is 16.0 Å². The van der Waals surface area contributed by atoms with Gasteiger partial charge >= 0.3 is 0 Å². The number of furan rings is 1. The number of nitrogens with one attached hydrogen (secondary N) is 1. The molecule has 1 fully saturated rings. The van der Waals surface area contributed by atoms with Gasteiger partial charge in [-0.25, -0.2) is 0 Å². The number of thiocarbonyl (C=S) groups is 1. The minimum atomic E-state index is -0.648. The number of hydrogen-bond donors (Lipinski definition) is 1. The lowest BCUT2D eigenvalue weighted by atomic mass is 10.1. The van der Waals surface area contributed by atoms with Gasteiger partial charge in [-0.1, -0.05) is 31.2 Å². The highest BCUT2D eigenvalue weighted by Gasteiger charge is 2.34. The van der Waals surface area contributed by atoms with Crippen molar-refractivity contribution in [2.24, 2.45) is 0 Å². The zero-order valence-electron chi connectivity index (χ0n) is 16.9. The highest BCUT2D eigenvalue weighted by molar-refractivity contribution is 7.80. The molecule has 1 N–H and O–H groups in total. The van der Waals surface area contributed by atoms with Gasteiger partial charge in [0.05, 0.1) is 16.2 Å². The summed E-state index contributed by atoms with van der Waals surface area (Å²) in [7, 11) is 0. The molecule has 1 saturated heterocycles. The van der Waals surface area contributed by atoms with Gasteiger partial charge in [-0.15, -0.1) is 0 Å². The fourth-order valence-electron chi connectivity index (χ4n) is 3.33. The molecule has 3 aromatic rings. The smallest absolute Gasteiger partial charge is 0.280 e. The number of anilines is 1. The van der Waals surface area contributed by atoms with Crippen LogP contribution in [0, 0.1) is 10.1 Å². The highest BCUT2D eigenvalue weighted by Crippen LogP contribution is 2.32. The monoisotopic (exact) mass is 447 g/mol. The number of nitro groups is 1. The first-order valence-corrected chi connectivity index (χ1v) is 10.1. The lowest BCUT2D eigenvalue weighted by Gasteiger charge is -2.28. The Bertz CT molecular complexity index is 1280. The molecule has 1 aliphatic rings. The number of carbonyl (C=O) groups excluding carboxylic acids is 2. The number of nitrogens with zero attached hydrogens (tertiary/aromatic N) is 2. The van der Waals surface area contributed by atoms with Gasteiger partial charge in [-0.05, 0) is 60.6 Å². The third-order valence-corrected chi connectivity index (χ3v) is 5.27. The van der Waals surface area contributed by atoms with Crippen LogP contribution in [-0.4, -0.2) is 21.9 Å². The van der Waals surface area contributed by atoms with Crippen LogP contribution in [0.3, 0.4) is 0 Å². The first-order chi connectivity index (χ1) is 15.4. The third-order valence-electron chi connectivity index (χ3n) is 4.98. The minimum Gasteiger partial charge on any atom is -0.456 e. The van der Waals surface area contributed by atoms with Gasteiger partial charge in [0.2, 0.25) is 0 Å². The van der Waals surface area contributed by atoms with E-state index in [0.29, 0.717) is 11.3 Å². The van der Waals surface area contributed by atoms with E-state index in [2.05, 4.69) is 5.32 Å². The molecule has 0 spiro atoms. The average molecular weight is 447 g/mol. The van der Waals surface area contributed by atoms with Crippen LogP contribution in [0.2, 0.25) is 0 Å². The second-order valence-electron chi connectivity index (χ2n) is 6.95. The number of hydrogen-bond acceptors (Lipinski definition) is 6. The van der Waals surface area contributed by atoms with Gasteiger partial charge in [0, 0.05) is 6.07 Å². The second kappa shape index (κ2) is 8.56. The summed E-state index contributed by atoms with van der Waals surface area (Å²) >= 11 is 5.21. The van der Waals surface area contributed by atoms with Gasteiger partial charge in [0.15, 0.2) is 5.11 Å². The molecule has 160 valence electrons. The van der Waals surface area contributed by atoms with E-state index in [-0.39, 0.29) is 27.9 Å². The fraction of sp³-hybridized carbons (Fsp3) is 0.0870. The van der Waals surface area contributed by atoms with Crippen molar-refractivity contribution in [3.63, 3.8) is 0 Å². The SMILES string of the molecule is CCc1ccc(N2C(=O)/C(=C\c3ccc(-c4ccccc4[N+](=O)[O-])o3)C(=O)NC2=S)cc1. The molecule has 2 aromatic carbocycles. The number of carbonyl (C=O) groups is 2. The molecule has 2 amide bonds. The van der Waals surface area contributed by atoms with E-state index in [1.165, 1.54) is 23.1 Å². The van der Waals surface area contributed by atoms with Crippen LogP contribution in [0.1, 0.15) is 18.2 Å². The van der Waals surface area contributed by atoms with Gasteiger partial charge < -0.3 is 4.42 Å². The van der Waals surface area contributed by atoms with Crippen molar-refractivity contribution in [3.8, 4) is 11.3 Å². The Labute approximate surface area is 188 Å². The van der Waals surface area contributed by atoms with Gasteiger partial charge in [0.1, 0.15) is 17.1 Å². The van der Waals surface area contributed by atoms with Crippen LogP contribution in [0.15, 0.2) is 70.7 Å². The molecule has 0 unspecified atom stereocenters. The fourth-order valence-corrected chi connectivity index (χ4v) is 3.61.